The smallest absolute Gasteiger partial charge is 0.314 e. The van der Waals surface area contributed by atoms with Crippen molar-refractivity contribution in [2.24, 2.45) is 5.73 Å². The van der Waals surface area contributed by atoms with Crippen molar-refractivity contribution in [1.29, 1.82) is 0 Å². The van der Waals surface area contributed by atoms with E-state index in [1.807, 2.05) is 0 Å². The summed E-state index contributed by atoms with van der Waals surface area (Å²) in [6.45, 7) is 0.567. The van der Waals surface area contributed by atoms with Crippen molar-refractivity contribution in [3.8, 4) is 0 Å². The molecule has 2 rings (SSSR count). The minimum Gasteiger partial charge on any atom is -0.330 e. The second-order valence-electron chi connectivity index (χ2n) is 4.46. The van der Waals surface area contributed by atoms with Crippen LogP contribution in [-0.4, -0.2) is 22.4 Å². The average molecular weight is 276 g/mol. The number of anilines is 1. The number of carbonyl (C=O) groups excluding carboxylic acids is 1. The van der Waals surface area contributed by atoms with Crippen molar-refractivity contribution in [3.63, 3.8) is 0 Å². The molecule has 0 atom stereocenters. The van der Waals surface area contributed by atoms with Gasteiger partial charge < -0.3 is 21.0 Å². The summed E-state index contributed by atoms with van der Waals surface area (Å²) >= 11 is 0. The van der Waals surface area contributed by atoms with Gasteiger partial charge in [-0.2, -0.15) is 0 Å². The summed E-state index contributed by atoms with van der Waals surface area (Å²) in [6, 6.07) is 4.90. The molecule has 7 heteroatoms. The van der Waals surface area contributed by atoms with Crippen LogP contribution >= 0.6 is 0 Å². The summed E-state index contributed by atoms with van der Waals surface area (Å²) in [5.41, 5.74) is 5.49. The molecule has 0 aliphatic heterocycles. The van der Waals surface area contributed by atoms with E-state index in [9.17, 15) is 14.4 Å². The highest BCUT2D eigenvalue weighted by Gasteiger charge is 2.04. The van der Waals surface area contributed by atoms with Gasteiger partial charge >= 0.3 is 11.1 Å². The number of benzene rings is 1. The van der Waals surface area contributed by atoms with Crippen molar-refractivity contribution in [1.82, 2.24) is 9.97 Å². The van der Waals surface area contributed by atoms with Gasteiger partial charge in [0.05, 0.1) is 11.0 Å². The van der Waals surface area contributed by atoms with Crippen LogP contribution in [0.15, 0.2) is 27.8 Å². The molecular weight excluding hydrogens is 260 g/mol. The molecule has 5 N–H and O–H groups in total. The Bertz CT molecular complexity index is 732. The molecule has 0 radical (unpaired) electrons. The highest BCUT2D eigenvalue weighted by molar-refractivity contribution is 5.92. The SMILES string of the molecule is NCCCCC(=O)Nc1ccc2[nH]c(=O)c(=O)[nH]c2c1. The highest BCUT2D eigenvalue weighted by atomic mass is 16.2. The summed E-state index contributed by atoms with van der Waals surface area (Å²) in [6.07, 6.45) is 1.94. The van der Waals surface area contributed by atoms with Gasteiger partial charge in [0.25, 0.3) is 0 Å². The van der Waals surface area contributed by atoms with Gasteiger partial charge in [-0.05, 0) is 37.6 Å². The zero-order valence-electron chi connectivity index (χ0n) is 10.9. The van der Waals surface area contributed by atoms with Crippen LogP contribution in [0.3, 0.4) is 0 Å². The van der Waals surface area contributed by atoms with Crippen LogP contribution < -0.4 is 22.2 Å². The minimum atomic E-state index is -0.719. The van der Waals surface area contributed by atoms with Crippen LogP contribution in [0.4, 0.5) is 5.69 Å². The van der Waals surface area contributed by atoms with Crippen molar-refractivity contribution in [2.45, 2.75) is 19.3 Å². The van der Waals surface area contributed by atoms with E-state index in [2.05, 4.69) is 15.3 Å². The first-order valence-corrected chi connectivity index (χ1v) is 6.36. The number of nitrogens with two attached hydrogens (primary N) is 1. The predicted octanol–water partition coefficient (Wildman–Crippen LogP) is 0.284. The van der Waals surface area contributed by atoms with Crippen LogP contribution in [0.5, 0.6) is 0 Å². The molecule has 1 amide bonds. The predicted molar refractivity (Wildman–Crippen MR) is 76.7 cm³/mol. The van der Waals surface area contributed by atoms with Gasteiger partial charge in [-0.15, -0.1) is 0 Å². The molecule has 0 unspecified atom stereocenters. The Kier molecular flexibility index (Phi) is 4.31. The van der Waals surface area contributed by atoms with Crippen LogP contribution in [-0.2, 0) is 4.79 Å². The Balaban J connectivity index is 2.15. The fourth-order valence-corrected chi connectivity index (χ4v) is 1.85. The fourth-order valence-electron chi connectivity index (χ4n) is 1.85. The number of carbonyl (C=O) groups is 1. The van der Waals surface area contributed by atoms with E-state index in [-0.39, 0.29) is 5.91 Å². The van der Waals surface area contributed by atoms with E-state index in [1.54, 1.807) is 18.2 Å². The number of aromatic amines is 2. The highest BCUT2D eigenvalue weighted by Crippen LogP contribution is 2.14. The monoisotopic (exact) mass is 276 g/mol. The third-order valence-corrected chi connectivity index (χ3v) is 2.86. The van der Waals surface area contributed by atoms with E-state index in [1.165, 1.54) is 0 Å². The van der Waals surface area contributed by atoms with Gasteiger partial charge in [0.1, 0.15) is 0 Å². The topological polar surface area (TPSA) is 121 Å². The van der Waals surface area contributed by atoms with E-state index < -0.39 is 11.1 Å². The lowest BCUT2D eigenvalue weighted by molar-refractivity contribution is -0.116. The lowest BCUT2D eigenvalue weighted by atomic mass is 10.2. The zero-order chi connectivity index (χ0) is 14.5. The summed E-state index contributed by atoms with van der Waals surface area (Å²) in [5, 5.41) is 2.73. The first-order chi connectivity index (χ1) is 9.60. The molecule has 106 valence electrons. The third-order valence-electron chi connectivity index (χ3n) is 2.86. The maximum atomic E-state index is 11.7. The normalized spacial score (nSPS) is 10.7. The summed E-state index contributed by atoms with van der Waals surface area (Å²) in [5.74, 6) is -0.107. The second-order valence-corrected chi connectivity index (χ2v) is 4.46. The standard InChI is InChI=1S/C13H16N4O3/c14-6-2-1-3-11(18)15-8-4-5-9-10(7-8)17-13(20)12(19)16-9/h4-5,7H,1-3,6,14H2,(H,15,18)(H,16,19)(H,17,20). The fraction of sp³-hybridized carbons (Fsp3) is 0.308. The summed E-state index contributed by atoms with van der Waals surface area (Å²) < 4.78 is 0. The van der Waals surface area contributed by atoms with E-state index >= 15 is 0 Å². The van der Waals surface area contributed by atoms with E-state index in [0.717, 1.165) is 12.8 Å². The van der Waals surface area contributed by atoms with Crippen LogP contribution in [0.2, 0.25) is 0 Å². The molecule has 1 aromatic heterocycles. The Morgan fingerprint density at radius 2 is 1.80 bits per heavy atom. The number of hydrogen-bond acceptors (Lipinski definition) is 4. The number of nitrogens with one attached hydrogen (secondary N) is 3. The number of hydrogen-bond donors (Lipinski definition) is 4. The van der Waals surface area contributed by atoms with Gasteiger partial charge in [-0.25, -0.2) is 0 Å². The summed E-state index contributed by atoms with van der Waals surface area (Å²) in [7, 11) is 0. The number of rotatable bonds is 5. The Hall–Kier alpha value is -2.41. The van der Waals surface area contributed by atoms with Gasteiger partial charge in [0.15, 0.2) is 0 Å². The Labute approximate surface area is 114 Å². The molecule has 1 heterocycles. The van der Waals surface area contributed by atoms with Crippen LogP contribution in [0.25, 0.3) is 11.0 Å². The molecular formula is C13H16N4O3. The molecule has 0 saturated heterocycles. The largest absolute Gasteiger partial charge is 0.330 e. The quantitative estimate of drug-likeness (QED) is 0.463. The van der Waals surface area contributed by atoms with E-state index in [4.69, 9.17) is 5.73 Å². The Morgan fingerprint density at radius 3 is 2.50 bits per heavy atom. The summed E-state index contributed by atoms with van der Waals surface area (Å²) in [4.78, 5) is 39.0. The number of fused-ring (bicyclic) bond motifs is 1. The van der Waals surface area contributed by atoms with Crippen molar-refractivity contribution in [2.75, 3.05) is 11.9 Å². The molecule has 0 aliphatic carbocycles. The molecule has 7 nitrogen and oxygen atoms in total. The lowest BCUT2D eigenvalue weighted by Gasteiger charge is -2.06. The number of unbranched alkanes of at least 4 members (excludes halogenated alkanes) is 1. The number of amides is 1. The third kappa shape index (κ3) is 3.33. The Morgan fingerprint density at radius 1 is 1.10 bits per heavy atom. The van der Waals surface area contributed by atoms with Crippen LogP contribution in [0.1, 0.15) is 19.3 Å². The molecule has 0 saturated carbocycles. The van der Waals surface area contributed by atoms with Crippen molar-refractivity contribution in [3.05, 3.63) is 38.9 Å². The first kappa shape index (κ1) is 14.0. The van der Waals surface area contributed by atoms with Crippen molar-refractivity contribution >= 4 is 22.6 Å². The first-order valence-electron chi connectivity index (χ1n) is 6.36. The molecule has 0 aliphatic rings. The second kappa shape index (κ2) is 6.16. The van der Waals surface area contributed by atoms with Gasteiger partial charge in [-0.3, -0.25) is 14.4 Å². The lowest BCUT2D eigenvalue weighted by Crippen LogP contribution is -2.28. The molecule has 2 aromatic rings. The average Bonchev–Trinajstić information content (AvgIpc) is 2.41. The molecule has 0 spiro atoms. The zero-order valence-corrected chi connectivity index (χ0v) is 10.9. The number of aromatic nitrogens is 2. The van der Waals surface area contributed by atoms with Gasteiger partial charge in [-0.1, -0.05) is 0 Å². The van der Waals surface area contributed by atoms with Crippen LogP contribution in [0, 0.1) is 0 Å². The molecule has 0 bridgehead atoms. The molecule has 1 aromatic carbocycles. The maximum absolute atomic E-state index is 11.7. The van der Waals surface area contributed by atoms with Crippen molar-refractivity contribution < 1.29 is 4.79 Å². The minimum absolute atomic E-state index is 0.107. The molecule has 0 fully saturated rings. The molecule has 20 heavy (non-hydrogen) atoms. The van der Waals surface area contributed by atoms with Gasteiger partial charge in [0, 0.05) is 12.1 Å². The maximum Gasteiger partial charge on any atom is 0.314 e. The number of H-pyrrole nitrogens is 2. The van der Waals surface area contributed by atoms with E-state index in [0.29, 0.717) is 29.7 Å². The van der Waals surface area contributed by atoms with Gasteiger partial charge in [0.2, 0.25) is 5.91 Å².